The lowest BCUT2D eigenvalue weighted by Crippen LogP contribution is -2.38. The number of furan rings is 1. The molecule has 152 valence electrons. The van der Waals surface area contributed by atoms with Crippen LogP contribution in [0.5, 0.6) is 0 Å². The van der Waals surface area contributed by atoms with Gasteiger partial charge in [-0.2, -0.15) is 0 Å². The molecule has 1 aliphatic heterocycles. The third-order valence-electron chi connectivity index (χ3n) is 5.63. The Labute approximate surface area is 172 Å². The van der Waals surface area contributed by atoms with Crippen molar-refractivity contribution in [3.8, 4) is 11.3 Å². The molecule has 0 amide bonds. The molecule has 5 heteroatoms. The second-order valence-electron chi connectivity index (χ2n) is 7.84. The summed E-state index contributed by atoms with van der Waals surface area (Å²) < 4.78 is 7.84. The summed E-state index contributed by atoms with van der Waals surface area (Å²) in [5.74, 6) is 1.41. The molecular weight excluding hydrogens is 362 g/mol. The van der Waals surface area contributed by atoms with Crippen LogP contribution in [0, 0.1) is 5.92 Å². The molecular formula is C24H29N3O2. The SMILES string of the molecule is CC(=Cc1ccco1)c1c(-c2ccccc2)ncn1CC1CCCN(CCO)C1. The van der Waals surface area contributed by atoms with Crippen molar-refractivity contribution in [2.75, 3.05) is 26.2 Å². The number of hydrogen-bond acceptors (Lipinski definition) is 4. The molecule has 3 heterocycles. The number of likely N-dealkylation sites (tertiary alicyclic amines) is 1. The average molecular weight is 392 g/mol. The van der Waals surface area contributed by atoms with Crippen molar-refractivity contribution in [2.45, 2.75) is 26.3 Å². The van der Waals surface area contributed by atoms with Gasteiger partial charge in [0, 0.05) is 25.2 Å². The molecule has 0 radical (unpaired) electrons. The molecule has 0 bridgehead atoms. The topological polar surface area (TPSA) is 54.4 Å². The number of nitrogens with zero attached hydrogens (tertiary/aromatic N) is 3. The Kier molecular flexibility index (Phi) is 6.27. The quantitative estimate of drug-likeness (QED) is 0.648. The van der Waals surface area contributed by atoms with Crippen LogP contribution in [-0.2, 0) is 6.54 Å². The van der Waals surface area contributed by atoms with Gasteiger partial charge >= 0.3 is 0 Å². The zero-order chi connectivity index (χ0) is 20.1. The number of imidazole rings is 1. The summed E-state index contributed by atoms with van der Waals surface area (Å²) in [6, 6.07) is 14.2. The summed E-state index contributed by atoms with van der Waals surface area (Å²) in [7, 11) is 0. The fourth-order valence-corrected chi connectivity index (χ4v) is 4.32. The van der Waals surface area contributed by atoms with Gasteiger partial charge in [0.2, 0.25) is 0 Å². The number of piperidine rings is 1. The van der Waals surface area contributed by atoms with Crippen molar-refractivity contribution >= 4 is 11.6 Å². The van der Waals surface area contributed by atoms with E-state index >= 15 is 0 Å². The first-order valence-corrected chi connectivity index (χ1v) is 10.4. The molecule has 1 unspecified atom stereocenters. The van der Waals surface area contributed by atoms with E-state index in [0.29, 0.717) is 5.92 Å². The van der Waals surface area contributed by atoms with Gasteiger partial charge in [-0.1, -0.05) is 30.3 Å². The first-order valence-electron chi connectivity index (χ1n) is 10.4. The van der Waals surface area contributed by atoms with Crippen LogP contribution < -0.4 is 0 Å². The Morgan fingerprint density at radius 3 is 2.86 bits per heavy atom. The first kappa shape index (κ1) is 19.7. The maximum atomic E-state index is 9.29. The molecule has 1 N–H and O–H groups in total. The van der Waals surface area contributed by atoms with Crippen molar-refractivity contribution in [3.63, 3.8) is 0 Å². The fraction of sp³-hybridized carbons (Fsp3) is 0.375. The van der Waals surface area contributed by atoms with Gasteiger partial charge in [-0.25, -0.2) is 4.98 Å². The minimum absolute atomic E-state index is 0.228. The zero-order valence-electron chi connectivity index (χ0n) is 17.0. The maximum absolute atomic E-state index is 9.29. The van der Waals surface area contributed by atoms with E-state index in [1.54, 1.807) is 6.26 Å². The number of aliphatic hydroxyl groups is 1. The Morgan fingerprint density at radius 1 is 1.24 bits per heavy atom. The van der Waals surface area contributed by atoms with Crippen molar-refractivity contribution in [1.82, 2.24) is 14.5 Å². The van der Waals surface area contributed by atoms with Gasteiger partial charge in [0.15, 0.2) is 0 Å². The van der Waals surface area contributed by atoms with Crippen molar-refractivity contribution in [1.29, 1.82) is 0 Å². The minimum atomic E-state index is 0.228. The summed E-state index contributed by atoms with van der Waals surface area (Å²) in [4.78, 5) is 7.16. The lowest BCUT2D eigenvalue weighted by Gasteiger charge is -2.32. The molecule has 1 fully saturated rings. The summed E-state index contributed by atoms with van der Waals surface area (Å²) >= 11 is 0. The number of hydrogen-bond donors (Lipinski definition) is 1. The predicted molar refractivity (Wildman–Crippen MR) is 116 cm³/mol. The monoisotopic (exact) mass is 391 g/mol. The number of rotatable bonds is 7. The molecule has 1 saturated heterocycles. The van der Waals surface area contributed by atoms with Crippen molar-refractivity contribution < 1.29 is 9.52 Å². The number of benzene rings is 1. The molecule has 1 atom stereocenters. The normalized spacial score (nSPS) is 18.3. The Morgan fingerprint density at radius 2 is 2.10 bits per heavy atom. The van der Waals surface area contributed by atoms with Crippen LogP contribution in [-0.4, -0.2) is 45.8 Å². The largest absolute Gasteiger partial charge is 0.465 e. The van der Waals surface area contributed by atoms with Gasteiger partial charge < -0.3 is 19.0 Å². The summed E-state index contributed by atoms with van der Waals surface area (Å²) in [6.07, 6.45) is 8.15. The molecule has 1 aromatic carbocycles. The van der Waals surface area contributed by atoms with Crippen molar-refractivity contribution in [2.24, 2.45) is 5.92 Å². The number of aliphatic hydroxyl groups excluding tert-OH is 1. The average Bonchev–Trinajstić information content (AvgIpc) is 3.39. The van der Waals surface area contributed by atoms with Crippen LogP contribution in [0.15, 0.2) is 59.5 Å². The predicted octanol–water partition coefficient (Wildman–Crippen LogP) is 4.41. The van der Waals surface area contributed by atoms with Gasteiger partial charge in [0.1, 0.15) is 5.76 Å². The highest BCUT2D eigenvalue weighted by Crippen LogP contribution is 2.30. The highest BCUT2D eigenvalue weighted by atomic mass is 16.3. The van der Waals surface area contributed by atoms with Crippen LogP contribution in [0.25, 0.3) is 22.9 Å². The van der Waals surface area contributed by atoms with Gasteiger partial charge in [-0.05, 0) is 56.0 Å². The first-order chi connectivity index (χ1) is 14.2. The third kappa shape index (κ3) is 4.69. The Balaban J connectivity index is 1.66. The van der Waals surface area contributed by atoms with Gasteiger partial charge in [0.25, 0.3) is 0 Å². The zero-order valence-corrected chi connectivity index (χ0v) is 17.0. The lowest BCUT2D eigenvalue weighted by molar-refractivity contribution is 0.132. The summed E-state index contributed by atoms with van der Waals surface area (Å²) in [6.45, 7) is 6.16. The molecule has 0 saturated carbocycles. The Hall–Kier alpha value is -2.63. The van der Waals surface area contributed by atoms with Gasteiger partial charge in [-0.15, -0.1) is 0 Å². The number of allylic oxidation sites excluding steroid dienone is 1. The van der Waals surface area contributed by atoms with Gasteiger partial charge in [0.05, 0.1) is 30.6 Å². The van der Waals surface area contributed by atoms with Crippen LogP contribution in [0.2, 0.25) is 0 Å². The second kappa shape index (κ2) is 9.25. The van der Waals surface area contributed by atoms with E-state index in [9.17, 15) is 5.11 Å². The third-order valence-corrected chi connectivity index (χ3v) is 5.63. The summed E-state index contributed by atoms with van der Waals surface area (Å²) in [5.41, 5.74) is 4.42. The second-order valence-corrected chi connectivity index (χ2v) is 7.84. The molecule has 5 nitrogen and oxygen atoms in total. The van der Waals surface area contributed by atoms with E-state index in [4.69, 9.17) is 9.40 Å². The van der Waals surface area contributed by atoms with E-state index < -0.39 is 0 Å². The van der Waals surface area contributed by atoms with Crippen LogP contribution >= 0.6 is 0 Å². The molecule has 0 spiro atoms. The number of β-amino-alcohol motifs (C(OH)–C–C–N with tert-alkyl or cyclic N) is 1. The number of aromatic nitrogens is 2. The molecule has 29 heavy (non-hydrogen) atoms. The summed E-state index contributed by atoms with van der Waals surface area (Å²) in [5, 5.41) is 9.29. The van der Waals surface area contributed by atoms with E-state index in [1.165, 1.54) is 12.8 Å². The van der Waals surface area contributed by atoms with E-state index in [2.05, 4.69) is 46.7 Å². The molecule has 1 aliphatic rings. The maximum Gasteiger partial charge on any atom is 0.126 e. The van der Waals surface area contributed by atoms with Crippen LogP contribution in [0.1, 0.15) is 31.2 Å². The van der Waals surface area contributed by atoms with E-state index in [-0.39, 0.29) is 6.61 Å². The molecule has 2 aromatic heterocycles. The molecule has 3 aromatic rings. The lowest BCUT2D eigenvalue weighted by atomic mass is 9.97. The molecule has 4 rings (SSSR count). The Bertz CT molecular complexity index is 926. The highest BCUT2D eigenvalue weighted by molar-refractivity contribution is 5.84. The van der Waals surface area contributed by atoms with Crippen LogP contribution in [0.3, 0.4) is 0 Å². The van der Waals surface area contributed by atoms with Gasteiger partial charge in [-0.3, -0.25) is 0 Å². The van der Waals surface area contributed by atoms with Crippen molar-refractivity contribution in [3.05, 3.63) is 66.5 Å². The minimum Gasteiger partial charge on any atom is -0.465 e. The standard InChI is InChI=1S/C24H29N3O2/c1-19(15-22-10-6-14-29-22)24-23(21-8-3-2-4-9-21)25-18-27(24)17-20-7-5-11-26(16-20)12-13-28/h2-4,6,8-10,14-15,18,20,28H,5,7,11-13,16-17H2,1H3. The van der Waals surface area contributed by atoms with E-state index in [0.717, 1.165) is 54.5 Å². The highest BCUT2D eigenvalue weighted by Gasteiger charge is 2.22. The van der Waals surface area contributed by atoms with E-state index in [1.807, 2.05) is 24.5 Å². The fourth-order valence-electron chi connectivity index (χ4n) is 4.32. The van der Waals surface area contributed by atoms with Crippen LogP contribution in [0.4, 0.5) is 0 Å². The molecule has 0 aliphatic carbocycles. The smallest absolute Gasteiger partial charge is 0.126 e.